The van der Waals surface area contributed by atoms with Crippen LogP contribution < -0.4 is 5.32 Å². The number of rotatable bonds is 8. The van der Waals surface area contributed by atoms with Crippen LogP contribution >= 0.6 is 0 Å². The van der Waals surface area contributed by atoms with Crippen molar-refractivity contribution in [2.75, 3.05) is 33.4 Å². The first-order valence-corrected chi connectivity index (χ1v) is 7.19. The predicted molar refractivity (Wildman–Crippen MR) is 73.4 cm³/mol. The molecule has 0 saturated heterocycles. The van der Waals surface area contributed by atoms with Crippen molar-refractivity contribution in [3.8, 4) is 0 Å². The molecule has 1 aliphatic carbocycles. The first kappa shape index (κ1) is 14.9. The van der Waals surface area contributed by atoms with Gasteiger partial charge in [-0.1, -0.05) is 20.3 Å². The topological polar surface area (TPSA) is 24.5 Å². The number of methoxy groups -OCH3 is 1. The van der Waals surface area contributed by atoms with E-state index in [2.05, 4.69) is 31.0 Å². The van der Waals surface area contributed by atoms with E-state index in [-0.39, 0.29) is 0 Å². The highest BCUT2D eigenvalue weighted by molar-refractivity contribution is 4.85. The molecule has 0 amide bonds. The lowest BCUT2D eigenvalue weighted by molar-refractivity contribution is 0.0887. The number of ether oxygens (including phenoxy) is 1. The summed E-state index contributed by atoms with van der Waals surface area (Å²) in [6, 6.07) is 1.27. The van der Waals surface area contributed by atoms with Crippen LogP contribution in [0.3, 0.4) is 0 Å². The Morgan fingerprint density at radius 3 is 2.71 bits per heavy atom. The lowest BCUT2D eigenvalue weighted by atomic mass is 10.0. The first-order chi connectivity index (χ1) is 8.22. The summed E-state index contributed by atoms with van der Waals surface area (Å²) in [5.41, 5.74) is 0. The maximum atomic E-state index is 5.27. The first-order valence-electron chi connectivity index (χ1n) is 7.19. The smallest absolute Gasteiger partial charge is 0.0615 e. The minimum absolute atomic E-state index is 0.535. The van der Waals surface area contributed by atoms with E-state index < -0.39 is 0 Å². The Balaban J connectivity index is 2.43. The van der Waals surface area contributed by atoms with Crippen molar-refractivity contribution < 1.29 is 4.74 Å². The lowest BCUT2D eigenvalue weighted by Crippen LogP contribution is -2.44. The van der Waals surface area contributed by atoms with Crippen LogP contribution in [-0.4, -0.2) is 50.3 Å². The Morgan fingerprint density at radius 1 is 1.35 bits per heavy atom. The van der Waals surface area contributed by atoms with Crippen LogP contribution in [0.4, 0.5) is 0 Å². The van der Waals surface area contributed by atoms with Gasteiger partial charge in [-0.3, -0.25) is 4.90 Å². The van der Waals surface area contributed by atoms with Crippen LogP contribution in [-0.2, 0) is 4.74 Å². The standard InChI is InChI=1S/C14H30N2O/c1-5-15-14-9-7-8-13(14)10-16(6-2)12(3)11-17-4/h12-15H,5-11H2,1-4H3. The van der Waals surface area contributed by atoms with Crippen molar-refractivity contribution in [1.82, 2.24) is 10.2 Å². The maximum absolute atomic E-state index is 5.27. The Labute approximate surface area is 107 Å². The third-order valence-electron chi connectivity index (χ3n) is 4.03. The zero-order valence-corrected chi connectivity index (χ0v) is 12.0. The van der Waals surface area contributed by atoms with Crippen molar-refractivity contribution in [3.05, 3.63) is 0 Å². The molecule has 3 atom stereocenters. The molecule has 102 valence electrons. The third kappa shape index (κ3) is 4.57. The van der Waals surface area contributed by atoms with Gasteiger partial charge in [-0.25, -0.2) is 0 Å². The second-order valence-corrected chi connectivity index (χ2v) is 5.25. The largest absolute Gasteiger partial charge is 0.383 e. The lowest BCUT2D eigenvalue weighted by Gasteiger charge is -2.32. The third-order valence-corrected chi connectivity index (χ3v) is 4.03. The summed E-state index contributed by atoms with van der Waals surface area (Å²) in [7, 11) is 1.79. The summed E-state index contributed by atoms with van der Waals surface area (Å²) >= 11 is 0. The number of likely N-dealkylation sites (N-methyl/N-ethyl adjacent to an activating group) is 1. The van der Waals surface area contributed by atoms with E-state index in [1.54, 1.807) is 7.11 Å². The fraction of sp³-hybridized carbons (Fsp3) is 1.00. The quantitative estimate of drug-likeness (QED) is 0.705. The molecule has 0 bridgehead atoms. The molecule has 3 nitrogen and oxygen atoms in total. The molecule has 17 heavy (non-hydrogen) atoms. The van der Waals surface area contributed by atoms with Gasteiger partial charge in [-0.05, 0) is 38.8 Å². The minimum atomic E-state index is 0.535. The second kappa shape index (κ2) is 8.06. The van der Waals surface area contributed by atoms with Crippen LogP contribution in [0.15, 0.2) is 0 Å². The van der Waals surface area contributed by atoms with E-state index >= 15 is 0 Å². The Hall–Kier alpha value is -0.120. The summed E-state index contributed by atoms with van der Waals surface area (Å²) < 4.78 is 5.27. The highest BCUT2D eigenvalue weighted by Crippen LogP contribution is 2.27. The van der Waals surface area contributed by atoms with Crippen LogP contribution in [0.25, 0.3) is 0 Å². The molecule has 1 rings (SSSR count). The van der Waals surface area contributed by atoms with Gasteiger partial charge in [0.15, 0.2) is 0 Å². The van der Waals surface area contributed by atoms with E-state index in [0.29, 0.717) is 6.04 Å². The monoisotopic (exact) mass is 242 g/mol. The zero-order chi connectivity index (χ0) is 12.7. The van der Waals surface area contributed by atoms with Crippen LogP contribution in [0.1, 0.15) is 40.0 Å². The van der Waals surface area contributed by atoms with E-state index in [1.165, 1.54) is 25.8 Å². The Morgan fingerprint density at radius 2 is 2.12 bits per heavy atom. The van der Waals surface area contributed by atoms with Crippen molar-refractivity contribution >= 4 is 0 Å². The van der Waals surface area contributed by atoms with E-state index in [0.717, 1.165) is 31.7 Å². The summed E-state index contributed by atoms with van der Waals surface area (Å²) in [5, 5.41) is 3.64. The Kier molecular flexibility index (Phi) is 7.09. The summed E-state index contributed by atoms with van der Waals surface area (Å²) in [6.45, 7) is 11.0. The number of nitrogens with zero attached hydrogens (tertiary/aromatic N) is 1. The molecule has 1 aliphatic rings. The van der Waals surface area contributed by atoms with Crippen molar-refractivity contribution in [3.63, 3.8) is 0 Å². The number of hydrogen-bond acceptors (Lipinski definition) is 3. The van der Waals surface area contributed by atoms with E-state index in [9.17, 15) is 0 Å². The SMILES string of the molecule is CCNC1CCCC1CN(CC)C(C)COC. The zero-order valence-electron chi connectivity index (χ0n) is 12.0. The van der Waals surface area contributed by atoms with Crippen LogP contribution in [0, 0.1) is 5.92 Å². The van der Waals surface area contributed by atoms with Crippen molar-refractivity contribution in [2.45, 2.75) is 52.1 Å². The summed E-state index contributed by atoms with van der Waals surface area (Å²) in [6.07, 6.45) is 4.13. The van der Waals surface area contributed by atoms with Gasteiger partial charge >= 0.3 is 0 Å². The van der Waals surface area contributed by atoms with Gasteiger partial charge in [0.25, 0.3) is 0 Å². The maximum Gasteiger partial charge on any atom is 0.0615 e. The average Bonchev–Trinajstić information content (AvgIpc) is 2.74. The van der Waals surface area contributed by atoms with Gasteiger partial charge in [0.05, 0.1) is 6.61 Å². The molecule has 0 aromatic carbocycles. The summed E-state index contributed by atoms with van der Waals surface area (Å²) in [5.74, 6) is 0.828. The van der Waals surface area contributed by atoms with Crippen LogP contribution in [0.2, 0.25) is 0 Å². The average molecular weight is 242 g/mol. The number of hydrogen-bond donors (Lipinski definition) is 1. The van der Waals surface area contributed by atoms with Gasteiger partial charge in [-0.2, -0.15) is 0 Å². The molecule has 3 heteroatoms. The van der Waals surface area contributed by atoms with Gasteiger partial charge < -0.3 is 10.1 Å². The molecule has 1 fully saturated rings. The second-order valence-electron chi connectivity index (χ2n) is 5.25. The molecule has 0 aliphatic heterocycles. The van der Waals surface area contributed by atoms with E-state index in [4.69, 9.17) is 4.74 Å². The highest BCUT2D eigenvalue weighted by atomic mass is 16.5. The van der Waals surface area contributed by atoms with Gasteiger partial charge in [0.1, 0.15) is 0 Å². The van der Waals surface area contributed by atoms with Gasteiger partial charge in [0.2, 0.25) is 0 Å². The number of nitrogens with one attached hydrogen (secondary N) is 1. The molecule has 0 spiro atoms. The molecular weight excluding hydrogens is 212 g/mol. The molecule has 0 aromatic rings. The molecule has 1 N–H and O–H groups in total. The molecule has 3 unspecified atom stereocenters. The minimum Gasteiger partial charge on any atom is -0.383 e. The Bertz CT molecular complexity index is 199. The molecule has 1 saturated carbocycles. The molecule has 0 aromatic heterocycles. The van der Waals surface area contributed by atoms with Crippen LogP contribution in [0.5, 0.6) is 0 Å². The molecule has 0 heterocycles. The predicted octanol–water partition coefficient (Wildman–Crippen LogP) is 2.12. The summed E-state index contributed by atoms with van der Waals surface area (Å²) in [4.78, 5) is 2.56. The van der Waals surface area contributed by atoms with Crippen molar-refractivity contribution in [2.24, 2.45) is 5.92 Å². The molecule has 0 radical (unpaired) electrons. The van der Waals surface area contributed by atoms with Gasteiger partial charge in [-0.15, -0.1) is 0 Å². The molecular formula is C14H30N2O. The van der Waals surface area contributed by atoms with Gasteiger partial charge in [0, 0.05) is 25.7 Å². The van der Waals surface area contributed by atoms with Crippen molar-refractivity contribution in [1.29, 1.82) is 0 Å². The normalized spacial score (nSPS) is 26.6. The fourth-order valence-electron chi connectivity index (χ4n) is 3.05. The van der Waals surface area contributed by atoms with E-state index in [1.807, 2.05) is 0 Å². The highest BCUT2D eigenvalue weighted by Gasteiger charge is 2.28. The fourth-order valence-corrected chi connectivity index (χ4v) is 3.05.